The van der Waals surface area contributed by atoms with Crippen LogP contribution in [0.25, 0.3) is 6.08 Å². The summed E-state index contributed by atoms with van der Waals surface area (Å²) in [5, 5.41) is 5.26. The highest BCUT2D eigenvalue weighted by Crippen LogP contribution is 2.15. The van der Waals surface area contributed by atoms with E-state index in [0.717, 1.165) is 15.6 Å². The highest BCUT2D eigenvalue weighted by molar-refractivity contribution is 9.10. The van der Waals surface area contributed by atoms with E-state index in [1.54, 1.807) is 36.4 Å². The van der Waals surface area contributed by atoms with Crippen LogP contribution in [0.4, 0.5) is 10.1 Å². The minimum Gasteiger partial charge on any atom is -0.321 e. The van der Waals surface area contributed by atoms with Crippen molar-refractivity contribution in [2.24, 2.45) is 0 Å². The van der Waals surface area contributed by atoms with Crippen molar-refractivity contribution < 1.29 is 14.0 Å². The van der Waals surface area contributed by atoms with Crippen molar-refractivity contribution >= 4 is 39.5 Å². The molecule has 6 heteroatoms. The maximum atomic E-state index is 13.4. The summed E-state index contributed by atoms with van der Waals surface area (Å²) in [5.74, 6) is -1.44. The lowest BCUT2D eigenvalue weighted by Crippen LogP contribution is -2.30. The summed E-state index contributed by atoms with van der Waals surface area (Å²) >= 11 is 3.36. The number of rotatable bonds is 5. The molecule has 0 aliphatic rings. The molecule has 29 heavy (non-hydrogen) atoms. The molecule has 3 rings (SSSR count). The van der Waals surface area contributed by atoms with E-state index in [-0.39, 0.29) is 5.70 Å². The summed E-state index contributed by atoms with van der Waals surface area (Å²) in [5.41, 5.74) is 2.51. The number of carbonyl (C=O) groups excluding carboxylic acids is 2. The molecule has 4 nitrogen and oxygen atoms in total. The Hall–Kier alpha value is -3.25. The number of amides is 2. The van der Waals surface area contributed by atoms with Gasteiger partial charge in [0.15, 0.2) is 0 Å². The third-order valence-corrected chi connectivity index (χ3v) is 4.60. The Morgan fingerprint density at radius 2 is 1.66 bits per heavy atom. The molecule has 0 atom stereocenters. The van der Waals surface area contributed by atoms with Crippen molar-refractivity contribution in [3.05, 3.63) is 105 Å². The first-order chi connectivity index (χ1) is 13.9. The van der Waals surface area contributed by atoms with Gasteiger partial charge < -0.3 is 10.6 Å². The molecule has 146 valence electrons. The molecular weight excluding hydrogens is 435 g/mol. The molecule has 3 aromatic carbocycles. The third kappa shape index (κ3) is 5.86. The molecule has 3 aromatic rings. The molecule has 0 unspecified atom stereocenters. The Morgan fingerprint density at radius 1 is 0.966 bits per heavy atom. The molecule has 0 bridgehead atoms. The van der Waals surface area contributed by atoms with E-state index >= 15 is 0 Å². The topological polar surface area (TPSA) is 58.2 Å². The monoisotopic (exact) mass is 452 g/mol. The third-order valence-electron chi connectivity index (χ3n) is 4.07. The largest absolute Gasteiger partial charge is 0.321 e. The number of nitrogens with one attached hydrogen (secondary N) is 2. The van der Waals surface area contributed by atoms with Gasteiger partial charge in [0.25, 0.3) is 11.8 Å². The van der Waals surface area contributed by atoms with Crippen molar-refractivity contribution in [1.82, 2.24) is 5.32 Å². The summed E-state index contributed by atoms with van der Waals surface area (Å²) in [7, 11) is 0. The zero-order chi connectivity index (χ0) is 20.8. The van der Waals surface area contributed by atoms with Crippen LogP contribution in [0.15, 0.2) is 83.0 Å². The van der Waals surface area contributed by atoms with Crippen LogP contribution in [-0.2, 0) is 4.79 Å². The summed E-state index contributed by atoms with van der Waals surface area (Å²) in [6.07, 6.45) is 1.56. The molecule has 2 N–H and O–H groups in total. The molecule has 0 saturated heterocycles. The van der Waals surface area contributed by atoms with Gasteiger partial charge in [-0.1, -0.05) is 51.8 Å². The second-order valence-electron chi connectivity index (χ2n) is 6.39. The minimum absolute atomic E-state index is 0.0437. The minimum atomic E-state index is -0.556. The van der Waals surface area contributed by atoms with Crippen LogP contribution in [0.1, 0.15) is 21.5 Å². The molecule has 0 saturated carbocycles. The molecule has 0 aromatic heterocycles. The maximum absolute atomic E-state index is 13.4. The van der Waals surface area contributed by atoms with Gasteiger partial charge in [-0.15, -0.1) is 0 Å². The molecule has 0 spiro atoms. The van der Waals surface area contributed by atoms with Gasteiger partial charge in [0.2, 0.25) is 0 Å². The van der Waals surface area contributed by atoms with Crippen LogP contribution in [0.5, 0.6) is 0 Å². The van der Waals surface area contributed by atoms with Crippen LogP contribution in [-0.4, -0.2) is 11.8 Å². The number of hydrogen-bond donors (Lipinski definition) is 2. The Kier molecular flexibility index (Phi) is 6.57. The first-order valence-electron chi connectivity index (χ1n) is 8.83. The summed E-state index contributed by atoms with van der Waals surface area (Å²) in [4.78, 5) is 25.4. The predicted octanol–water partition coefficient (Wildman–Crippen LogP) is 5.31. The van der Waals surface area contributed by atoms with Gasteiger partial charge in [-0.2, -0.15) is 0 Å². The quantitative estimate of drug-likeness (QED) is 0.515. The van der Waals surface area contributed by atoms with Gasteiger partial charge in [-0.25, -0.2) is 4.39 Å². The van der Waals surface area contributed by atoms with Gasteiger partial charge in [-0.3, -0.25) is 9.59 Å². The summed E-state index contributed by atoms with van der Waals surface area (Å²) in [6.45, 7) is 1.92. The first-order valence-corrected chi connectivity index (χ1v) is 9.62. The van der Waals surface area contributed by atoms with Crippen molar-refractivity contribution in [3.63, 3.8) is 0 Å². The van der Waals surface area contributed by atoms with Gasteiger partial charge in [0.1, 0.15) is 11.5 Å². The van der Waals surface area contributed by atoms with Crippen LogP contribution in [0, 0.1) is 12.7 Å². The maximum Gasteiger partial charge on any atom is 0.272 e. The molecule has 0 radical (unpaired) electrons. The standard InChI is InChI=1S/C23H18BrFN2O2/c1-15-5-9-17(10-6-15)22(28)27-21(13-16-7-11-18(24)12-8-16)23(29)26-20-4-2-3-19(25)14-20/h2-14H,1H3,(H,26,29)(H,27,28). The van der Waals surface area contributed by atoms with Crippen molar-refractivity contribution in [1.29, 1.82) is 0 Å². The van der Waals surface area contributed by atoms with Crippen LogP contribution in [0.3, 0.4) is 0 Å². The molecule has 0 aliphatic carbocycles. The average molecular weight is 453 g/mol. The fourth-order valence-electron chi connectivity index (χ4n) is 2.55. The van der Waals surface area contributed by atoms with E-state index in [0.29, 0.717) is 11.3 Å². The van der Waals surface area contributed by atoms with Crippen molar-refractivity contribution in [3.8, 4) is 0 Å². The molecular formula is C23H18BrFN2O2. The van der Waals surface area contributed by atoms with E-state index in [4.69, 9.17) is 0 Å². The number of anilines is 1. The van der Waals surface area contributed by atoms with Crippen LogP contribution < -0.4 is 10.6 Å². The lowest BCUT2D eigenvalue weighted by molar-refractivity contribution is -0.113. The lowest BCUT2D eigenvalue weighted by atomic mass is 10.1. The van der Waals surface area contributed by atoms with Crippen LogP contribution in [0.2, 0.25) is 0 Å². The zero-order valence-electron chi connectivity index (χ0n) is 15.6. The van der Waals surface area contributed by atoms with Gasteiger partial charge in [0, 0.05) is 15.7 Å². The fraction of sp³-hybridized carbons (Fsp3) is 0.0435. The van der Waals surface area contributed by atoms with Crippen molar-refractivity contribution in [2.45, 2.75) is 6.92 Å². The van der Waals surface area contributed by atoms with Crippen molar-refractivity contribution in [2.75, 3.05) is 5.32 Å². The Bertz CT molecular complexity index is 1060. The van der Waals surface area contributed by atoms with E-state index < -0.39 is 17.6 Å². The van der Waals surface area contributed by atoms with E-state index in [2.05, 4.69) is 26.6 Å². The number of carbonyl (C=O) groups is 2. The van der Waals surface area contributed by atoms with Gasteiger partial charge in [-0.05, 0) is 61.0 Å². The SMILES string of the molecule is Cc1ccc(C(=O)NC(=Cc2ccc(Br)cc2)C(=O)Nc2cccc(F)c2)cc1. The molecule has 0 aliphatic heterocycles. The molecule has 2 amide bonds. The normalized spacial score (nSPS) is 11.1. The van der Waals surface area contributed by atoms with E-state index in [1.807, 2.05) is 31.2 Å². The van der Waals surface area contributed by atoms with E-state index in [1.165, 1.54) is 18.2 Å². The van der Waals surface area contributed by atoms with Gasteiger partial charge >= 0.3 is 0 Å². The van der Waals surface area contributed by atoms with E-state index in [9.17, 15) is 14.0 Å². The second-order valence-corrected chi connectivity index (χ2v) is 7.31. The highest BCUT2D eigenvalue weighted by Gasteiger charge is 2.15. The Labute approximate surface area is 176 Å². The van der Waals surface area contributed by atoms with Gasteiger partial charge in [0.05, 0.1) is 0 Å². The number of hydrogen-bond acceptors (Lipinski definition) is 2. The lowest BCUT2D eigenvalue weighted by Gasteiger charge is -2.12. The van der Waals surface area contributed by atoms with Crippen LogP contribution >= 0.6 is 15.9 Å². The zero-order valence-corrected chi connectivity index (χ0v) is 17.2. The average Bonchev–Trinajstić information content (AvgIpc) is 2.69. The molecule has 0 fully saturated rings. The Morgan fingerprint density at radius 3 is 2.31 bits per heavy atom. The number of benzene rings is 3. The summed E-state index contributed by atoms with van der Waals surface area (Å²) in [6, 6.07) is 19.8. The predicted molar refractivity (Wildman–Crippen MR) is 116 cm³/mol. The first kappa shape index (κ1) is 20.5. The smallest absolute Gasteiger partial charge is 0.272 e. The highest BCUT2D eigenvalue weighted by atomic mass is 79.9. The Balaban J connectivity index is 1.88. The molecule has 0 heterocycles. The number of aryl methyl sites for hydroxylation is 1. The fourth-order valence-corrected chi connectivity index (χ4v) is 2.81. The number of halogens is 2. The second kappa shape index (κ2) is 9.30. The summed E-state index contributed by atoms with van der Waals surface area (Å²) < 4.78 is 14.3.